The predicted octanol–water partition coefficient (Wildman–Crippen LogP) is 3.80. The van der Waals surface area contributed by atoms with E-state index in [4.69, 9.17) is 0 Å². The highest BCUT2D eigenvalue weighted by molar-refractivity contribution is 9.10. The van der Waals surface area contributed by atoms with Crippen LogP contribution in [0.3, 0.4) is 0 Å². The molecule has 2 aromatic carbocycles. The molecule has 0 aromatic heterocycles. The zero-order chi connectivity index (χ0) is 18.6. The average molecular weight is 433 g/mol. The Morgan fingerprint density at radius 1 is 1.16 bits per heavy atom. The van der Waals surface area contributed by atoms with Crippen LogP contribution < -0.4 is 10.6 Å². The summed E-state index contributed by atoms with van der Waals surface area (Å²) in [6, 6.07) is 10.5. The number of carbonyl (C=O) groups excluding carboxylic acids is 1. The van der Waals surface area contributed by atoms with Crippen LogP contribution in [0.25, 0.3) is 0 Å². The van der Waals surface area contributed by atoms with Crippen LogP contribution in [0, 0.1) is 6.92 Å². The van der Waals surface area contributed by atoms with E-state index in [1.807, 2.05) is 13.0 Å². The Morgan fingerprint density at radius 2 is 1.84 bits per heavy atom. The molecule has 5 nitrogen and oxygen atoms in total. The van der Waals surface area contributed by atoms with Crippen molar-refractivity contribution in [1.29, 1.82) is 0 Å². The Balaban J connectivity index is 2.10. The monoisotopic (exact) mass is 432 g/mol. The molecule has 0 saturated carbocycles. The summed E-state index contributed by atoms with van der Waals surface area (Å²) in [6.07, 6.45) is 0. The molecule has 25 heavy (non-hydrogen) atoms. The Bertz CT molecular complexity index is 889. The first kappa shape index (κ1) is 19.3. The molecule has 0 fully saturated rings. The third-order valence-electron chi connectivity index (χ3n) is 3.33. The second-order valence-corrected chi connectivity index (χ2v) is 7.96. The fourth-order valence-corrected chi connectivity index (χ4v) is 3.48. The van der Waals surface area contributed by atoms with Gasteiger partial charge in [0.2, 0.25) is 15.7 Å². The SMILES string of the molecule is Cc1cc(Br)ccc1NC(=O)CNc1ccccc1S(=O)(=O)C(F)F. The van der Waals surface area contributed by atoms with Crippen LogP contribution in [0.4, 0.5) is 20.2 Å². The van der Waals surface area contributed by atoms with Gasteiger partial charge < -0.3 is 10.6 Å². The number of aryl methyl sites for hydroxylation is 1. The molecule has 1 amide bonds. The normalized spacial score (nSPS) is 11.4. The highest BCUT2D eigenvalue weighted by Gasteiger charge is 2.29. The van der Waals surface area contributed by atoms with Gasteiger partial charge in [-0.05, 0) is 42.8 Å². The molecule has 0 unspecified atom stereocenters. The standard InChI is InChI=1S/C16H15BrF2N2O3S/c1-10-8-11(17)6-7-12(10)21-15(22)9-20-13-4-2-3-5-14(13)25(23,24)16(18)19/h2-8,16,20H,9H2,1H3,(H,21,22). The van der Waals surface area contributed by atoms with Crippen molar-refractivity contribution in [3.63, 3.8) is 0 Å². The zero-order valence-corrected chi connectivity index (χ0v) is 15.5. The molecule has 0 radical (unpaired) electrons. The summed E-state index contributed by atoms with van der Waals surface area (Å²) in [5, 5.41) is 5.26. The van der Waals surface area contributed by atoms with Gasteiger partial charge in [-0.1, -0.05) is 28.1 Å². The maximum absolute atomic E-state index is 12.7. The van der Waals surface area contributed by atoms with Crippen molar-refractivity contribution in [3.8, 4) is 0 Å². The van der Waals surface area contributed by atoms with Crippen molar-refractivity contribution >= 4 is 43.0 Å². The molecule has 0 aliphatic heterocycles. The molecule has 0 atom stereocenters. The summed E-state index contributed by atoms with van der Waals surface area (Å²) in [5.41, 5.74) is 1.39. The highest BCUT2D eigenvalue weighted by atomic mass is 79.9. The first-order valence-corrected chi connectivity index (χ1v) is 9.46. The number of sulfone groups is 1. The van der Waals surface area contributed by atoms with Gasteiger partial charge in [0.1, 0.15) is 0 Å². The largest absolute Gasteiger partial charge is 0.375 e. The number of benzene rings is 2. The van der Waals surface area contributed by atoms with Gasteiger partial charge in [0.15, 0.2) is 0 Å². The highest BCUT2D eigenvalue weighted by Crippen LogP contribution is 2.26. The maximum Gasteiger partial charge on any atom is 0.341 e. The number of alkyl halides is 2. The number of carbonyl (C=O) groups is 1. The van der Waals surface area contributed by atoms with E-state index in [-0.39, 0.29) is 12.2 Å². The van der Waals surface area contributed by atoms with Crippen LogP contribution in [0.1, 0.15) is 5.56 Å². The molecule has 9 heteroatoms. The van der Waals surface area contributed by atoms with E-state index in [0.29, 0.717) is 5.69 Å². The van der Waals surface area contributed by atoms with Gasteiger partial charge in [0, 0.05) is 10.2 Å². The lowest BCUT2D eigenvalue weighted by molar-refractivity contribution is -0.114. The van der Waals surface area contributed by atoms with E-state index in [1.165, 1.54) is 18.2 Å². The zero-order valence-electron chi connectivity index (χ0n) is 13.1. The van der Waals surface area contributed by atoms with Crippen LogP contribution in [0.15, 0.2) is 51.8 Å². The van der Waals surface area contributed by atoms with Crippen molar-refractivity contribution in [1.82, 2.24) is 0 Å². The lowest BCUT2D eigenvalue weighted by atomic mass is 10.2. The van der Waals surface area contributed by atoms with E-state index in [0.717, 1.165) is 16.1 Å². The van der Waals surface area contributed by atoms with Crippen molar-refractivity contribution in [2.45, 2.75) is 17.6 Å². The molecule has 0 bridgehead atoms. The summed E-state index contributed by atoms with van der Waals surface area (Å²) < 4.78 is 49.7. The maximum atomic E-state index is 12.7. The number of hydrogen-bond acceptors (Lipinski definition) is 4. The number of anilines is 2. The molecule has 134 valence electrons. The first-order chi connectivity index (χ1) is 11.7. The van der Waals surface area contributed by atoms with E-state index in [9.17, 15) is 22.0 Å². The molecular formula is C16H15BrF2N2O3S. The van der Waals surface area contributed by atoms with E-state index in [2.05, 4.69) is 26.6 Å². The summed E-state index contributed by atoms with van der Waals surface area (Å²) in [4.78, 5) is 11.5. The molecule has 2 aromatic rings. The van der Waals surface area contributed by atoms with E-state index < -0.39 is 26.4 Å². The fraction of sp³-hybridized carbons (Fsp3) is 0.188. The summed E-state index contributed by atoms with van der Waals surface area (Å²) in [7, 11) is -4.76. The molecule has 0 aliphatic carbocycles. The van der Waals surface area contributed by atoms with Crippen LogP contribution in [0.2, 0.25) is 0 Å². The molecule has 0 spiro atoms. The van der Waals surface area contributed by atoms with Crippen molar-refractivity contribution in [2.75, 3.05) is 17.2 Å². The second kappa shape index (κ2) is 7.92. The van der Waals surface area contributed by atoms with Crippen LogP contribution >= 0.6 is 15.9 Å². The minimum atomic E-state index is -4.76. The van der Waals surface area contributed by atoms with Gasteiger partial charge in [-0.25, -0.2) is 8.42 Å². The third kappa shape index (κ3) is 4.76. The van der Waals surface area contributed by atoms with Gasteiger partial charge in [-0.15, -0.1) is 0 Å². The molecular weight excluding hydrogens is 418 g/mol. The molecule has 0 aliphatic rings. The second-order valence-electron chi connectivity index (χ2n) is 5.16. The first-order valence-electron chi connectivity index (χ1n) is 7.13. The molecule has 2 rings (SSSR count). The van der Waals surface area contributed by atoms with Gasteiger partial charge in [-0.3, -0.25) is 4.79 Å². The molecule has 0 saturated heterocycles. The number of nitrogens with one attached hydrogen (secondary N) is 2. The van der Waals surface area contributed by atoms with Crippen molar-refractivity contribution in [3.05, 3.63) is 52.5 Å². The number of hydrogen-bond donors (Lipinski definition) is 2. The van der Waals surface area contributed by atoms with Crippen molar-refractivity contribution in [2.24, 2.45) is 0 Å². The van der Waals surface area contributed by atoms with Gasteiger partial charge in [0.05, 0.1) is 17.1 Å². The Morgan fingerprint density at radius 3 is 2.48 bits per heavy atom. The minimum absolute atomic E-state index is 0.0505. The average Bonchev–Trinajstić information content (AvgIpc) is 2.55. The Kier molecular flexibility index (Phi) is 6.12. The van der Waals surface area contributed by atoms with Crippen LogP contribution in [0.5, 0.6) is 0 Å². The Hall–Kier alpha value is -2.00. The Labute approximate surface area is 152 Å². The van der Waals surface area contributed by atoms with Crippen LogP contribution in [-0.2, 0) is 14.6 Å². The summed E-state index contributed by atoms with van der Waals surface area (Å²) in [6.45, 7) is 1.55. The van der Waals surface area contributed by atoms with E-state index in [1.54, 1.807) is 12.1 Å². The van der Waals surface area contributed by atoms with Crippen LogP contribution in [-0.4, -0.2) is 26.6 Å². The minimum Gasteiger partial charge on any atom is -0.375 e. The number of halogens is 3. The van der Waals surface area contributed by atoms with Gasteiger partial charge in [-0.2, -0.15) is 8.78 Å². The topological polar surface area (TPSA) is 75.3 Å². The van der Waals surface area contributed by atoms with Crippen molar-refractivity contribution < 1.29 is 22.0 Å². The molecule has 0 heterocycles. The summed E-state index contributed by atoms with van der Waals surface area (Å²) >= 11 is 3.32. The lowest BCUT2D eigenvalue weighted by Crippen LogP contribution is -2.23. The number of amides is 1. The third-order valence-corrected chi connectivity index (χ3v) is 5.26. The molecule has 2 N–H and O–H groups in total. The fourth-order valence-electron chi connectivity index (χ4n) is 2.09. The van der Waals surface area contributed by atoms with Gasteiger partial charge >= 0.3 is 5.76 Å². The summed E-state index contributed by atoms with van der Waals surface area (Å²) in [5.74, 6) is -3.97. The quantitative estimate of drug-likeness (QED) is 0.727. The smallest absolute Gasteiger partial charge is 0.341 e. The lowest BCUT2D eigenvalue weighted by Gasteiger charge is -2.13. The van der Waals surface area contributed by atoms with E-state index >= 15 is 0 Å². The number of para-hydroxylation sites is 1. The van der Waals surface area contributed by atoms with Gasteiger partial charge in [0.25, 0.3) is 0 Å². The number of rotatable bonds is 6. The predicted molar refractivity (Wildman–Crippen MR) is 95.6 cm³/mol.